The van der Waals surface area contributed by atoms with Gasteiger partial charge in [-0.2, -0.15) is 13.2 Å². The predicted molar refractivity (Wildman–Crippen MR) is 86.9 cm³/mol. The van der Waals surface area contributed by atoms with Crippen molar-refractivity contribution in [1.29, 1.82) is 0 Å². The molecule has 3 rings (SSSR count). The van der Waals surface area contributed by atoms with Gasteiger partial charge in [0, 0.05) is 25.5 Å². The summed E-state index contributed by atoms with van der Waals surface area (Å²) in [5.74, 6) is -1.49. The van der Waals surface area contributed by atoms with Crippen LogP contribution in [-0.2, 0) is 10.9 Å². The van der Waals surface area contributed by atoms with Gasteiger partial charge < -0.3 is 10.1 Å². The van der Waals surface area contributed by atoms with Crippen LogP contribution < -0.4 is 5.32 Å². The normalized spacial score (nSPS) is 20.8. The lowest BCUT2D eigenvalue weighted by Gasteiger charge is -2.28. The van der Waals surface area contributed by atoms with E-state index in [4.69, 9.17) is 4.74 Å². The Balaban J connectivity index is 1.74. The standard InChI is InChI=1S/C17H19F3N4O2/c1-26-12-7-5-11(6-8-12)22-15(25)13-3-2-4-14(23-13)24-10-9-21-16(24)17(18,19)20/h2-4,9-12H,5-8H2,1H3,(H,22,25). The predicted octanol–water partition coefficient (Wildman–Crippen LogP) is 2.97. The van der Waals surface area contributed by atoms with Gasteiger partial charge in [0.15, 0.2) is 0 Å². The van der Waals surface area contributed by atoms with E-state index < -0.39 is 17.9 Å². The molecule has 0 saturated heterocycles. The third-order valence-electron chi connectivity index (χ3n) is 4.45. The Kier molecular flexibility index (Phi) is 5.26. The molecule has 26 heavy (non-hydrogen) atoms. The quantitative estimate of drug-likeness (QED) is 0.901. The molecule has 1 amide bonds. The Hall–Kier alpha value is -2.42. The summed E-state index contributed by atoms with van der Waals surface area (Å²) in [6.07, 6.45) is 1.13. The molecule has 1 fully saturated rings. The van der Waals surface area contributed by atoms with Gasteiger partial charge in [-0.25, -0.2) is 9.97 Å². The van der Waals surface area contributed by atoms with E-state index in [2.05, 4.69) is 15.3 Å². The Morgan fingerprint density at radius 3 is 2.65 bits per heavy atom. The number of methoxy groups -OCH3 is 1. The van der Waals surface area contributed by atoms with Gasteiger partial charge >= 0.3 is 6.18 Å². The number of amides is 1. The van der Waals surface area contributed by atoms with Crippen LogP contribution in [0.4, 0.5) is 13.2 Å². The molecule has 0 unspecified atom stereocenters. The van der Waals surface area contributed by atoms with Crippen LogP contribution in [0.1, 0.15) is 42.0 Å². The minimum Gasteiger partial charge on any atom is -0.381 e. The summed E-state index contributed by atoms with van der Waals surface area (Å²) in [7, 11) is 1.67. The maximum Gasteiger partial charge on any atom is 0.450 e. The van der Waals surface area contributed by atoms with Crippen LogP contribution in [-0.4, -0.2) is 39.7 Å². The van der Waals surface area contributed by atoms with Crippen LogP contribution in [0.25, 0.3) is 5.82 Å². The molecule has 1 aliphatic rings. The summed E-state index contributed by atoms with van der Waals surface area (Å²) in [4.78, 5) is 19.8. The van der Waals surface area contributed by atoms with E-state index in [0.29, 0.717) is 0 Å². The van der Waals surface area contributed by atoms with Crippen molar-refractivity contribution in [3.05, 3.63) is 42.1 Å². The van der Waals surface area contributed by atoms with Crippen LogP contribution in [0.15, 0.2) is 30.6 Å². The summed E-state index contributed by atoms with van der Waals surface area (Å²) in [6, 6.07) is 4.39. The molecular formula is C17H19F3N4O2. The molecule has 2 aromatic heterocycles. The van der Waals surface area contributed by atoms with Crippen molar-refractivity contribution in [2.45, 2.75) is 44.0 Å². The third-order valence-corrected chi connectivity index (χ3v) is 4.45. The van der Waals surface area contributed by atoms with Crippen molar-refractivity contribution in [3.8, 4) is 5.82 Å². The number of aromatic nitrogens is 3. The fourth-order valence-corrected chi connectivity index (χ4v) is 3.08. The molecule has 1 aliphatic carbocycles. The second-order valence-corrected chi connectivity index (χ2v) is 6.18. The number of carbonyl (C=O) groups excluding carboxylic acids is 1. The topological polar surface area (TPSA) is 69.0 Å². The first-order valence-electron chi connectivity index (χ1n) is 8.30. The highest BCUT2D eigenvalue weighted by molar-refractivity contribution is 5.92. The molecule has 2 heterocycles. The highest BCUT2D eigenvalue weighted by Crippen LogP contribution is 2.29. The molecule has 140 valence electrons. The fourth-order valence-electron chi connectivity index (χ4n) is 3.08. The van der Waals surface area contributed by atoms with Gasteiger partial charge in [0.25, 0.3) is 5.91 Å². The Morgan fingerprint density at radius 1 is 1.27 bits per heavy atom. The first kappa shape index (κ1) is 18.4. The van der Waals surface area contributed by atoms with Crippen LogP contribution >= 0.6 is 0 Å². The molecule has 0 bridgehead atoms. The van der Waals surface area contributed by atoms with Crippen molar-refractivity contribution in [2.75, 3.05) is 7.11 Å². The highest BCUT2D eigenvalue weighted by Gasteiger charge is 2.36. The Morgan fingerprint density at radius 2 is 2.00 bits per heavy atom. The van der Waals surface area contributed by atoms with Gasteiger partial charge in [-0.15, -0.1) is 0 Å². The maximum atomic E-state index is 13.0. The lowest BCUT2D eigenvalue weighted by Crippen LogP contribution is -2.39. The van der Waals surface area contributed by atoms with Gasteiger partial charge in [-0.3, -0.25) is 9.36 Å². The number of ether oxygens (including phenoxy) is 1. The number of rotatable bonds is 4. The van der Waals surface area contributed by atoms with Gasteiger partial charge in [-0.05, 0) is 37.8 Å². The van der Waals surface area contributed by atoms with Crippen LogP contribution in [0.2, 0.25) is 0 Å². The number of hydrogen-bond donors (Lipinski definition) is 1. The lowest BCUT2D eigenvalue weighted by molar-refractivity contribution is -0.146. The number of carbonyl (C=O) groups is 1. The summed E-state index contributed by atoms with van der Waals surface area (Å²) >= 11 is 0. The molecular weight excluding hydrogens is 349 g/mol. The van der Waals surface area contributed by atoms with E-state index >= 15 is 0 Å². The zero-order valence-electron chi connectivity index (χ0n) is 14.2. The van der Waals surface area contributed by atoms with Crippen LogP contribution in [0.5, 0.6) is 0 Å². The van der Waals surface area contributed by atoms with E-state index in [0.717, 1.165) is 36.4 Å². The minimum atomic E-state index is -4.61. The van der Waals surface area contributed by atoms with Crippen molar-refractivity contribution < 1.29 is 22.7 Å². The van der Waals surface area contributed by atoms with Crippen molar-refractivity contribution in [3.63, 3.8) is 0 Å². The second kappa shape index (κ2) is 7.45. The minimum absolute atomic E-state index is 0.00874. The van der Waals surface area contributed by atoms with E-state index in [1.165, 1.54) is 24.4 Å². The van der Waals surface area contributed by atoms with E-state index in [1.807, 2.05) is 0 Å². The largest absolute Gasteiger partial charge is 0.450 e. The third kappa shape index (κ3) is 4.04. The van der Waals surface area contributed by atoms with E-state index in [9.17, 15) is 18.0 Å². The molecule has 0 aromatic carbocycles. The second-order valence-electron chi connectivity index (χ2n) is 6.18. The molecule has 0 atom stereocenters. The number of hydrogen-bond acceptors (Lipinski definition) is 4. The first-order valence-corrected chi connectivity index (χ1v) is 8.30. The Labute approximate surface area is 148 Å². The number of nitrogens with zero attached hydrogens (tertiary/aromatic N) is 3. The SMILES string of the molecule is COC1CCC(NC(=O)c2cccc(-n3ccnc3C(F)(F)F)n2)CC1. The number of halogens is 3. The number of pyridine rings is 1. The molecule has 9 heteroatoms. The lowest BCUT2D eigenvalue weighted by atomic mass is 9.93. The summed E-state index contributed by atoms with van der Waals surface area (Å²) in [5, 5.41) is 2.89. The molecule has 6 nitrogen and oxygen atoms in total. The maximum absolute atomic E-state index is 13.0. The molecule has 1 saturated carbocycles. The Bertz CT molecular complexity index is 767. The number of alkyl halides is 3. The van der Waals surface area contributed by atoms with Gasteiger partial charge in [0.05, 0.1) is 6.10 Å². The zero-order chi connectivity index (χ0) is 18.7. The fraction of sp³-hybridized carbons (Fsp3) is 0.471. The van der Waals surface area contributed by atoms with Gasteiger partial charge in [-0.1, -0.05) is 6.07 Å². The smallest absolute Gasteiger partial charge is 0.381 e. The number of nitrogens with one attached hydrogen (secondary N) is 1. The summed E-state index contributed by atoms with van der Waals surface area (Å²) in [5.41, 5.74) is 0.0678. The van der Waals surface area contributed by atoms with Crippen LogP contribution in [0, 0.1) is 0 Å². The van der Waals surface area contributed by atoms with Gasteiger partial charge in [0.2, 0.25) is 5.82 Å². The first-order chi connectivity index (χ1) is 12.4. The van der Waals surface area contributed by atoms with Crippen LogP contribution in [0.3, 0.4) is 0 Å². The summed E-state index contributed by atoms with van der Waals surface area (Å²) in [6.45, 7) is 0. The zero-order valence-corrected chi connectivity index (χ0v) is 14.2. The summed E-state index contributed by atoms with van der Waals surface area (Å²) < 4.78 is 45.1. The average Bonchev–Trinajstić information content (AvgIpc) is 3.13. The van der Waals surface area contributed by atoms with E-state index in [-0.39, 0.29) is 23.7 Å². The average molecular weight is 368 g/mol. The highest BCUT2D eigenvalue weighted by atomic mass is 19.4. The number of imidazole rings is 1. The van der Waals surface area contributed by atoms with Gasteiger partial charge in [0.1, 0.15) is 11.5 Å². The van der Waals surface area contributed by atoms with E-state index in [1.54, 1.807) is 7.11 Å². The molecule has 0 spiro atoms. The molecule has 1 N–H and O–H groups in total. The molecule has 0 aliphatic heterocycles. The monoisotopic (exact) mass is 368 g/mol. The van der Waals surface area contributed by atoms with Crippen molar-refractivity contribution in [1.82, 2.24) is 19.9 Å². The van der Waals surface area contributed by atoms with Crippen molar-refractivity contribution >= 4 is 5.91 Å². The van der Waals surface area contributed by atoms with Crippen molar-refractivity contribution in [2.24, 2.45) is 0 Å². The molecule has 0 radical (unpaired) electrons. The molecule has 2 aromatic rings.